The zero-order valence-corrected chi connectivity index (χ0v) is 19.5. The summed E-state index contributed by atoms with van der Waals surface area (Å²) in [4.78, 5) is 33.0. The summed E-state index contributed by atoms with van der Waals surface area (Å²) < 4.78 is 5.72. The predicted octanol–water partition coefficient (Wildman–Crippen LogP) is 3.62. The fourth-order valence-electron chi connectivity index (χ4n) is 4.36. The van der Waals surface area contributed by atoms with E-state index >= 15 is 0 Å². The maximum Gasteiger partial charge on any atom is 0.282 e. The Balaban J connectivity index is 1.76. The van der Waals surface area contributed by atoms with Crippen LogP contribution in [-0.4, -0.2) is 60.9 Å². The number of carbonyl (C=O) groups excluding carboxylic acids is 2. The van der Waals surface area contributed by atoms with Crippen LogP contribution in [0.15, 0.2) is 48.2 Å². The fourth-order valence-corrected chi connectivity index (χ4v) is 4.36. The lowest BCUT2D eigenvalue weighted by atomic mass is 9.97. The first-order chi connectivity index (χ1) is 15.3. The van der Waals surface area contributed by atoms with Crippen LogP contribution in [0.1, 0.15) is 30.5 Å². The van der Waals surface area contributed by atoms with Crippen molar-refractivity contribution < 1.29 is 14.3 Å². The molecule has 2 amide bonds. The molecule has 0 aromatic heterocycles. The average molecular weight is 434 g/mol. The Bertz CT molecular complexity index is 1060. The van der Waals surface area contributed by atoms with Crippen molar-refractivity contribution in [2.45, 2.75) is 33.8 Å². The number of imide groups is 1. The first-order valence-electron chi connectivity index (χ1n) is 11.2. The SMILES string of the molecule is Cc1ccc(C2=C(N3CCN(C)CC3)C(=O)N(c3ccc(OC(C)C)cc3)C2=O)c(C)c1. The standard InChI is InChI=1S/C26H31N3O3/c1-17(2)32-21-9-7-20(8-10-21)29-25(30)23(22-11-6-18(3)16-19(22)4)24(26(29)31)28-14-12-27(5)13-15-28/h6-11,16-17H,12-15H2,1-5H3. The lowest BCUT2D eigenvalue weighted by Gasteiger charge is -2.34. The molecule has 2 aromatic rings. The van der Waals surface area contributed by atoms with Crippen LogP contribution in [0.3, 0.4) is 0 Å². The summed E-state index contributed by atoms with van der Waals surface area (Å²) in [5.41, 5.74) is 4.52. The molecule has 2 heterocycles. The highest BCUT2D eigenvalue weighted by atomic mass is 16.5. The molecule has 1 fully saturated rings. The van der Waals surface area contributed by atoms with Gasteiger partial charge in [-0.2, -0.15) is 0 Å². The first-order valence-corrected chi connectivity index (χ1v) is 11.2. The van der Waals surface area contributed by atoms with Crippen LogP contribution in [0.4, 0.5) is 5.69 Å². The second-order valence-corrected chi connectivity index (χ2v) is 8.94. The van der Waals surface area contributed by atoms with E-state index in [0.717, 1.165) is 29.8 Å². The molecule has 2 aliphatic heterocycles. The van der Waals surface area contributed by atoms with Crippen molar-refractivity contribution in [2.75, 3.05) is 38.1 Å². The number of ether oxygens (including phenoxy) is 1. The monoisotopic (exact) mass is 433 g/mol. The Morgan fingerprint density at radius 1 is 0.875 bits per heavy atom. The van der Waals surface area contributed by atoms with Crippen LogP contribution in [0.5, 0.6) is 5.75 Å². The summed E-state index contributed by atoms with van der Waals surface area (Å²) in [7, 11) is 2.07. The Kier molecular flexibility index (Phi) is 6.07. The minimum atomic E-state index is -0.270. The Labute approximate surface area is 190 Å². The molecule has 2 aliphatic rings. The van der Waals surface area contributed by atoms with Crippen molar-refractivity contribution in [3.63, 3.8) is 0 Å². The normalized spacial score (nSPS) is 17.7. The molecule has 168 valence electrons. The van der Waals surface area contributed by atoms with E-state index < -0.39 is 0 Å². The van der Waals surface area contributed by atoms with Gasteiger partial charge in [0.15, 0.2) is 0 Å². The summed E-state index contributed by atoms with van der Waals surface area (Å²) in [5, 5.41) is 0. The lowest BCUT2D eigenvalue weighted by molar-refractivity contribution is -0.120. The highest BCUT2D eigenvalue weighted by molar-refractivity contribution is 6.45. The molecule has 0 atom stereocenters. The first kappa shape index (κ1) is 22.1. The summed E-state index contributed by atoms with van der Waals surface area (Å²) in [6.07, 6.45) is 0.0533. The van der Waals surface area contributed by atoms with Gasteiger partial charge in [0.05, 0.1) is 17.4 Å². The maximum absolute atomic E-state index is 13.7. The highest BCUT2D eigenvalue weighted by Gasteiger charge is 2.43. The summed E-state index contributed by atoms with van der Waals surface area (Å²) in [6.45, 7) is 11.1. The van der Waals surface area contributed by atoms with Crippen LogP contribution in [0, 0.1) is 13.8 Å². The van der Waals surface area contributed by atoms with E-state index in [2.05, 4.69) is 22.9 Å². The van der Waals surface area contributed by atoms with Crippen molar-refractivity contribution in [2.24, 2.45) is 0 Å². The second kappa shape index (κ2) is 8.79. The number of hydrogen-bond acceptors (Lipinski definition) is 5. The molecule has 2 aromatic carbocycles. The number of hydrogen-bond donors (Lipinski definition) is 0. The Morgan fingerprint density at radius 2 is 1.53 bits per heavy atom. The van der Waals surface area contributed by atoms with Gasteiger partial charge in [0.1, 0.15) is 11.4 Å². The number of rotatable bonds is 5. The van der Waals surface area contributed by atoms with Gasteiger partial charge in [-0.25, -0.2) is 4.90 Å². The van der Waals surface area contributed by atoms with Crippen LogP contribution in [0.2, 0.25) is 0 Å². The van der Waals surface area contributed by atoms with Crippen molar-refractivity contribution in [1.82, 2.24) is 9.80 Å². The Hall–Kier alpha value is -3.12. The third kappa shape index (κ3) is 4.15. The zero-order chi connectivity index (χ0) is 23.0. The minimum Gasteiger partial charge on any atom is -0.491 e. The maximum atomic E-state index is 13.7. The molecule has 0 unspecified atom stereocenters. The van der Waals surface area contributed by atoms with E-state index in [1.165, 1.54) is 4.90 Å². The number of carbonyl (C=O) groups is 2. The van der Waals surface area contributed by atoms with Crippen LogP contribution in [-0.2, 0) is 9.59 Å². The molecule has 0 radical (unpaired) electrons. The van der Waals surface area contributed by atoms with E-state index in [-0.39, 0.29) is 17.9 Å². The van der Waals surface area contributed by atoms with E-state index in [1.54, 1.807) is 24.3 Å². The number of amides is 2. The topological polar surface area (TPSA) is 53.1 Å². The van der Waals surface area contributed by atoms with Crippen LogP contribution >= 0.6 is 0 Å². The lowest BCUT2D eigenvalue weighted by Crippen LogP contribution is -2.46. The molecule has 0 aliphatic carbocycles. The number of nitrogens with zero attached hydrogens (tertiary/aromatic N) is 3. The minimum absolute atomic E-state index is 0.0533. The molecule has 1 saturated heterocycles. The fraction of sp³-hybridized carbons (Fsp3) is 0.385. The third-order valence-corrected chi connectivity index (χ3v) is 6.00. The van der Waals surface area contributed by atoms with Gasteiger partial charge in [-0.3, -0.25) is 9.59 Å². The second-order valence-electron chi connectivity index (χ2n) is 8.94. The molecule has 0 spiro atoms. The molecule has 32 heavy (non-hydrogen) atoms. The van der Waals surface area contributed by atoms with Gasteiger partial charge < -0.3 is 14.5 Å². The highest BCUT2D eigenvalue weighted by Crippen LogP contribution is 2.37. The van der Waals surface area contributed by atoms with Gasteiger partial charge in [-0.05, 0) is 70.1 Å². The number of benzene rings is 2. The predicted molar refractivity (Wildman–Crippen MR) is 127 cm³/mol. The van der Waals surface area contributed by atoms with Gasteiger partial charge in [-0.15, -0.1) is 0 Å². The van der Waals surface area contributed by atoms with E-state index in [1.807, 2.05) is 39.8 Å². The average Bonchev–Trinajstić information content (AvgIpc) is 2.99. The van der Waals surface area contributed by atoms with Gasteiger partial charge in [0.25, 0.3) is 11.8 Å². The molecule has 0 saturated carbocycles. The molecular weight excluding hydrogens is 402 g/mol. The molecule has 0 bridgehead atoms. The van der Waals surface area contributed by atoms with Gasteiger partial charge in [0.2, 0.25) is 0 Å². The van der Waals surface area contributed by atoms with E-state index in [9.17, 15) is 9.59 Å². The molecule has 0 N–H and O–H groups in total. The molecule has 6 nitrogen and oxygen atoms in total. The molecule has 4 rings (SSSR count). The van der Waals surface area contributed by atoms with Crippen LogP contribution in [0.25, 0.3) is 5.57 Å². The molecule has 6 heteroatoms. The smallest absolute Gasteiger partial charge is 0.282 e. The van der Waals surface area contributed by atoms with Crippen molar-refractivity contribution in [3.8, 4) is 5.75 Å². The number of anilines is 1. The third-order valence-electron chi connectivity index (χ3n) is 6.00. The number of aryl methyl sites for hydroxylation is 2. The van der Waals surface area contributed by atoms with Crippen molar-refractivity contribution in [3.05, 3.63) is 64.9 Å². The van der Waals surface area contributed by atoms with Gasteiger partial charge in [-0.1, -0.05) is 23.8 Å². The molecular formula is C26H31N3O3. The summed E-state index contributed by atoms with van der Waals surface area (Å²) in [5.74, 6) is 0.185. The van der Waals surface area contributed by atoms with E-state index in [0.29, 0.717) is 35.8 Å². The zero-order valence-electron chi connectivity index (χ0n) is 19.5. The van der Waals surface area contributed by atoms with Crippen LogP contribution < -0.4 is 9.64 Å². The number of piperazine rings is 1. The van der Waals surface area contributed by atoms with Gasteiger partial charge in [0, 0.05) is 26.2 Å². The van der Waals surface area contributed by atoms with Crippen molar-refractivity contribution in [1.29, 1.82) is 0 Å². The largest absolute Gasteiger partial charge is 0.491 e. The summed E-state index contributed by atoms with van der Waals surface area (Å²) >= 11 is 0. The van der Waals surface area contributed by atoms with Crippen molar-refractivity contribution >= 4 is 23.1 Å². The number of likely N-dealkylation sites (N-methyl/N-ethyl adjacent to an activating group) is 1. The van der Waals surface area contributed by atoms with Gasteiger partial charge >= 0.3 is 0 Å². The Morgan fingerprint density at radius 3 is 2.12 bits per heavy atom. The summed E-state index contributed by atoms with van der Waals surface area (Å²) in [6, 6.07) is 13.2. The van der Waals surface area contributed by atoms with E-state index in [4.69, 9.17) is 4.74 Å². The quantitative estimate of drug-likeness (QED) is 0.674.